The molecule has 4 aromatic rings. The predicted molar refractivity (Wildman–Crippen MR) is 108 cm³/mol. The number of aromatic nitrogens is 4. The first-order valence-corrected chi connectivity index (χ1v) is 8.80. The van der Waals surface area contributed by atoms with Gasteiger partial charge in [-0.25, -0.2) is 9.97 Å². The molecule has 0 aliphatic rings. The highest BCUT2D eigenvalue weighted by Crippen LogP contribution is 2.22. The van der Waals surface area contributed by atoms with E-state index < -0.39 is 11.8 Å². The van der Waals surface area contributed by atoms with Crippen molar-refractivity contribution < 1.29 is 14.3 Å². The fourth-order valence-electron chi connectivity index (χ4n) is 2.87. The molecular weight excluding hydrogens is 372 g/mol. The van der Waals surface area contributed by atoms with Crippen molar-refractivity contribution in [2.45, 2.75) is 6.92 Å². The minimum absolute atomic E-state index is 0.0270. The lowest BCUT2D eigenvalue weighted by Crippen LogP contribution is -2.21. The van der Waals surface area contributed by atoms with Crippen LogP contribution in [0.15, 0.2) is 48.8 Å². The van der Waals surface area contributed by atoms with Crippen LogP contribution in [0.5, 0.6) is 5.75 Å². The standard InChI is InChI=1S/C20H18N6O3/c1-11-7-8-12(29-2)9-15(11)23-18(27)16-17(22-10-21-16)19(28)26-20-24-13-5-3-4-6-14(13)25-20/h3-10H,1-2H3,(H,21,22)(H,23,27)(H2,24,25,26,28). The van der Waals surface area contributed by atoms with Crippen LogP contribution in [0.4, 0.5) is 11.6 Å². The average Bonchev–Trinajstić information content (AvgIpc) is 3.36. The summed E-state index contributed by atoms with van der Waals surface area (Å²) < 4.78 is 5.19. The van der Waals surface area contributed by atoms with E-state index in [1.807, 2.05) is 37.3 Å². The number of hydrogen-bond acceptors (Lipinski definition) is 5. The summed E-state index contributed by atoms with van der Waals surface area (Å²) in [6, 6.07) is 12.7. The Bertz CT molecular complexity index is 1180. The molecule has 0 fully saturated rings. The van der Waals surface area contributed by atoms with Gasteiger partial charge in [0.2, 0.25) is 5.95 Å². The first kappa shape index (κ1) is 18.2. The number of fused-ring (bicyclic) bond motifs is 1. The number of hydrogen-bond donors (Lipinski definition) is 4. The summed E-state index contributed by atoms with van der Waals surface area (Å²) in [7, 11) is 1.55. The Balaban J connectivity index is 1.54. The van der Waals surface area contributed by atoms with E-state index in [9.17, 15) is 9.59 Å². The van der Waals surface area contributed by atoms with Crippen molar-refractivity contribution >= 4 is 34.5 Å². The SMILES string of the molecule is COc1ccc(C)c(NC(=O)c2nc[nH]c2C(=O)Nc2nc3ccccc3[nH]2)c1. The molecule has 0 spiro atoms. The molecule has 2 heterocycles. The summed E-state index contributed by atoms with van der Waals surface area (Å²) in [5, 5.41) is 5.41. The number of carbonyl (C=O) groups excluding carboxylic acids is 2. The lowest BCUT2D eigenvalue weighted by molar-refractivity contribution is 0.0985. The minimum Gasteiger partial charge on any atom is -0.497 e. The average molecular weight is 390 g/mol. The summed E-state index contributed by atoms with van der Waals surface area (Å²) in [4.78, 5) is 39.4. The number of benzene rings is 2. The molecule has 0 saturated heterocycles. The molecule has 2 aromatic carbocycles. The van der Waals surface area contributed by atoms with Crippen LogP contribution in [0.1, 0.15) is 26.5 Å². The van der Waals surface area contributed by atoms with E-state index in [1.165, 1.54) is 6.33 Å². The Morgan fingerprint density at radius 3 is 2.69 bits per heavy atom. The molecule has 0 unspecified atom stereocenters. The predicted octanol–water partition coefficient (Wildman–Crippen LogP) is 3.11. The van der Waals surface area contributed by atoms with Crippen LogP contribution in [-0.2, 0) is 0 Å². The van der Waals surface area contributed by atoms with Gasteiger partial charge in [-0.2, -0.15) is 0 Å². The van der Waals surface area contributed by atoms with Crippen LogP contribution in [-0.4, -0.2) is 38.9 Å². The Kier molecular flexibility index (Phi) is 4.70. The lowest BCUT2D eigenvalue weighted by Gasteiger charge is -2.10. The Morgan fingerprint density at radius 2 is 1.90 bits per heavy atom. The fourth-order valence-corrected chi connectivity index (χ4v) is 2.87. The fraction of sp³-hybridized carbons (Fsp3) is 0.100. The van der Waals surface area contributed by atoms with Gasteiger partial charge in [0.15, 0.2) is 5.69 Å². The van der Waals surface area contributed by atoms with Crippen LogP contribution >= 0.6 is 0 Å². The summed E-state index contributed by atoms with van der Waals surface area (Å²) in [5.41, 5.74) is 2.94. The Morgan fingerprint density at radius 1 is 1.07 bits per heavy atom. The van der Waals surface area contributed by atoms with Crippen LogP contribution in [0.25, 0.3) is 11.0 Å². The van der Waals surface area contributed by atoms with Crippen molar-refractivity contribution in [3.63, 3.8) is 0 Å². The van der Waals surface area contributed by atoms with E-state index in [2.05, 4.69) is 30.6 Å². The second kappa shape index (κ2) is 7.47. The van der Waals surface area contributed by atoms with E-state index in [1.54, 1.807) is 19.2 Å². The molecule has 4 N–H and O–H groups in total. The van der Waals surface area contributed by atoms with Gasteiger partial charge in [0.25, 0.3) is 11.8 Å². The summed E-state index contributed by atoms with van der Waals surface area (Å²) in [6.45, 7) is 1.86. The number of amides is 2. The smallest absolute Gasteiger partial charge is 0.276 e. The number of anilines is 2. The summed E-state index contributed by atoms with van der Waals surface area (Å²) in [6.07, 6.45) is 1.29. The van der Waals surface area contributed by atoms with Crippen molar-refractivity contribution in [2.24, 2.45) is 0 Å². The quantitative estimate of drug-likeness (QED) is 0.417. The maximum atomic E-state index is 12.7. The van der Waals surface area contributed by atoms with E-state index in [0.717, 1.165) is 16.6 Å². The van der Waals surface area contributed by atoms with Gasteiger partial charge < -0.3 is 20.0 Å². The highest BCUT2D eigenvalue weighted by Gasteiger charge is 2.22. The number of rotatable bonds is 5. The van der Waals surface area contributed by atoms with E-state index >= 15 is 0 Å². The highest BCUT2D eigenvalue weighted by atomic mass is 16.5. The number of ether oxygens (including phenoxy) is 1. The van der Waals surface area contributed by atoms with Gasteiger partial charge >= 0.3 is 0 Å². The first-order valence-electron chi connectivity index (χ1n) is 8.80. The third-order valence-corrected chi connectivity index (χ3v) is 4.40. The number of nitrogens with one attached hydrogen (secondary N) is 4. The van der Waals surface area contributed by atoms with Crippen LogP contribution in [0.2, 0.25) is 0 Å². The molecule has 4 rings (SSSR count). The topological polar surface area (TPSA) is 125 Å². The molecule has 2 aromatic heterocycles. The van der Waals surface area contributed by atoms with E-state index in [-0.39, 0.29) is 17.3 Å². The second-order valence-corrected chi connectivity index (χ2v) is 6.32. The molecular formula is C20H18N6O3. The minimum atomic E-state index is -0.533. The van der Waals surface area contributed by atoms with Gasteiger partial charge in [-0.15, -0.1) is 0 Å². The summed E-state index contributed by atoms with van der Waals surface area (Å²) in [5.74, 6) is -0.164. The van der Waals surface area contributed by atoms with Crippen molar-refractivity contribution in [3.05, 3.63) is 65.7 Å². The maximum absolute atomic E-state index is 12.7. The second-order valence-electron chi connectivity index (χ2n) is 6.32. The number of nitrogens with zero attached hydrogens (tertiary/aromatic N) is 2. The van der Waals surface area contributed by atoms with Gasteiger partial charge in [-0.1, -0.05) is 18.2 Å². The number of aryl methyl sites for hydroxylation is 1. The Hall–Kier alpha value is -4.14. The molecule has 29 heavy (non-hydrogen) atoms. The van der Waals surface area contributed by atoms with Gasteiger partial charge in [-0.3, -0.25) is 14.9 Å². The summed E-state index contributed by atoms with van der Waals surface area (Å²) >= 11 is 0. The van der Waals surface area contributed by atoms with Gasteiger partial charge in [0.1, 0.15) is 11.4 Å². The molecule has 146 valence electrons. The normalized spacial score (nSPS) is 10.7. The zero-order valence-corrected chi connectivity index (χ0v) is 15.7. The number of carbonyl (C=O) groups is 2. The molecule has 9 heteroatoms. The van der Waals surface area contributed by atoms with Crippen LogP contribution in [0, 0.1) is 6.92 Å². The van der Waals surface area contributed by atoms with Crippen molar-refractivity contribution in [1.29, 1.82) is 0 Å². The van der Waals surface area contributed by atoms with Crippen molar-refractivity contribution in [2.75, 3.05) is 17.7 Å². The first-order chi connectivity index (χ1) is 14.0. The Labute approximate surface area is 165 Å². The molecule has 9 nitrogen and oxygen atoms in total. The largest absolute Gasteiger partial charge is 0.497 e. The van der Waals surface area contributed by atoms with Gasteiger partial charge in [-0.05, 0) is 30.7 Å². The third-order valence-electron chi connectivity index (χ3n) is 4.40. The number of imidazole rings is 2. The monoisotopic (exact) mass is 390 g/mol. The molecule has 2 amide bonds. The number of H-pyrrole nitrogens is 2. The molecule has 0 saturated carbocycles. The number of aromatic amines is 2. The van der Waals surface area contributed by atoms with Gasteiger partial charge in [0, 0.05) is 11.8 Å². The van der Waals surface area contributed by atoms with Crippen LogP contribution < -0.4 is 15.4 Å². The van der Waals surface area contributed by atoms with Gasteiger partial charge in [0.05, 0.1) is 24.5 Å². The van der Waals surface area contributed by atoms with E-state index in [4.69, 9.17) is 4.74 Å². The molecule has 0 atom stereocenters. The lowest BCUT2D eigenvalue weighted by atomic mass is 10.2. The van der Waals surface area contributed by atoms with Crippen molar-refractivity contribution in [3.8, 4) is 5.75 Å². The zero-order valence-electron chi connectivity index (χ0n) is 15.7. The number of methoxy groups -OCH3 is 1. The molecule has 0 aliphatic heterocycles. The molecule has 0 bridgehead atoms. The van der Waals surface area contributed by atoms with Crippen LogP contribution in [0.3, 0.4) is 0 Å². The molecule has 0 aliphatic carbocycles. The zero-order chi connectivity index (χ0) is 20.4. The molecule has 0 radical (unpaired) electrons. The number of para-hydroxylation sites is 2. The van der Waals surface area contributed by atoms with E-state index in [0.29, 0.717) is 11.4 Å². The highest BCUT2D eigenvalue weighted by molar-refractivity contribution is 6.13. The third kappa shape index (κ3) is 3.65. The maximum Gasteiger partial charge on any atom is 0.276 e. The van der Waals surface area contributed by atoms with Crippen molar-refractivity contribution in [1.82, 2.24) is 19.9 Å².